The molecule has 3 aromatic rings. The van der Waals surface area contributed by atoms with Gasteiger partial charge in [-0.05, 0) is 42.8 Å². The van der Waals surface area contributed by atoms with E-state index in [4.69, 9.17) is 21.1 Å². The third-order valence-corrected chi connectivity index (χ3v) is 7.82. The highest BCUT2D eigenvalue weighted by Gasteiger charge is 2.26. The van der Waals surface area contributed by atoms with Gasteiger partial charge in [0.1, 0.15) is 11.5 Å². The number of rotatable bonds is 13. The fourth-order valence-electron chi connectivity index (χ4n) is 4.09. The molecule has 3 rings (SSSR count). The van der Waals surface area contributed by atoms with Gasteiger partial charge in [-0.1, -0.05) is 29.8 Å². The smallest absolute Gasteiger partial charge is 0.269 e. The fraction of sp³-hybridized carbons (Fsp3) is 0.308. The lowest BCUT2D eigenvalue weighted by molar-refractivity contribution is -0.384. The molecule has 0 spiro atoms. The highest BCUT2D eigenvalue weighted by atomic mass is 35.5. The molecule has 204 valence electrons. The van der Waals surface area contributed by atoms with Gasteiger partial charge in [0.2, 0.25) is 10.0 Å². The molecule has 10 nitrogen and oxygen atoms in total. The van der Waals surface area contributed by atoms with Crippen LogP contribution in [0.1, 0.15) is 24.1 Å². The number of nitro benzene ring substituents is 1. The Morgan fingerprint density at radius 3 is 2.26 bits per heavy atom. The minimum absolute atomic E-state index is 0.0882. The van der Waals surface area contributed by atoms with Gasteiger partial charge >= 0.3 is 0 Å². The van der Waals surface area contributed by atoms with Gasteiger partial charge < -0.3 is 14.6 Å². The van der Waals surface area contributed by atoms with E-state index in [-0.39, 0.29) is 23.7 Å². The summed E-state index contributed by atoms with van der Waals surface area (Å²) in [5.41, 5.74) is 1.41. The Bertz CT molecular complexity index is 1340. The number of sulfonamides is 1. The van der Waals surface area contributed by atoms with Crippen molar-refractivity contribution >= 4 is 27.3 Å². The standard InChI is InChI=1S/C26H30ClN3O7S/c1-18(28-38(34,35)24-12-9-22(10-13-24)30(32)33)15-29(25(17-31)19-4-7-21(27)8-5-19)16-20-6-11-23(36-2)14-26(20)37-3/h4-14,18,25,28,31H,15-17H2,1-3H3/t18-,25-/m1/s1. The van der Waals surface area contributed by atoms with Gasteiger partial charge in [-0.2, -0.15) is 0 Å². The van der Waals surface area contributed by atoms with E-state index in [1.54, 1.807) is 45.4 Å². The molecule has 0 amide bonds. The summed E-state index contributed by atoms with van der Waals surface area (Å²) in [5, 5.41) is 21.8. The summed E-state index contributed by atoms with van der Waals surface area (Å²) in [6.45, 7) is 2.01. The van der Waals surface area contributed by atoms with Crippen LogP contribution in [0.5, 0.6) is 11.5 Å². The number of hydrogen-bond donors (Lipinski definition) is 2. The van der Waals surface area contributed by atoms with Crippen molar-refractivity contribution in [3.8, 4) is 11.5 Å². The topological polar surface area (TPSA) is 131 Å². The van der Waals surface area contributed by atoms with E-state index in [0.717, 1.165) is 23.3 Å². The molecular formula is C26H30ClN3O7S. The first-order valence-electron chi connectivity index (χ1n) is 11.7. The lowest BCUT2D eigenvalue weighted by Gasteiger charge is -2.33. The second-order valence-corrected chi connectivity index (χ2v) is 10.8. The third-order valence-electron chi connectivity index (χ3n) is 5.96. The summed E-state index contributed by atoms with van der Waals surface area (Å²) in [5.74, 6) is 1.21. The SMILES string of the molecule is COc1ccc(CN(C[C@@H](C)NS(=O)(=O)c2ccc([N+](=O)[O-])cc2)[C@H](CO)c2ccc(Cl)cc2)c(OC)c1. The van der Waals surface area contributed by atoms with Gasteiger partial charge in [0, 0.05) is 47.9 Å². The number of ether oxygens (including phenoxy) is 2. The minimum Gasteiger partial charge on any atom is -0.497 e. The zero-order valence-corrected chi connectivity index (χ0v) is 22.8. The monoisotopic (exact) mass is 563 g/mol. The lowest BCUT2D eigenvalue weighted by atomic mass is 10.0. The molecule has 0 aromatic heterocycles. The van der Waals surface area contributed by atoms with E-state index in [1.807, 2.05) is 23.1 Å². The molecule has 0 aliphatic rings. The van der Waals surface area contributed by atoms with Crippen LogP contribution in [0.2, 0.25) is 5.02 Å². The second kappa shape index (κ2) is 13.0. The van der Waals surface area contributed by atoms with Crippen molar-refractivity contribution in [1.82, 2.24) is 9.62 Å². The van der Waals surface area contributed by atoms with Crippen molar-refractivity contribution in [2.45, 2.75) is 30.4 Å². The van der Waals surface area contributed by atoms with E-state index in [0.29, 0.717) is 23.1 Å². The van der Waals surface area contributed by atoms with Gasteiger partial charge in [-0.15, -0.1) is 0 Å². The number of nitrogens with one attached hydrogen (secondary N) is 1. The molecule has 0 radical (unpaired) electrons. The summed E-state index contributed by atoms with van der Waals surface area (Å²) in [6.07, 6.45) is 0. The predicted molar refractivity (Wildman–Crippen MR) is 144 cm³/mol. The Labute approximate surface area is 227 Å². The number of nitro groups is 1. The first-order chi connectivity index (χ1) is 18.1. The van der Waals surface area contributed by atoms with Crippen LogP contribution in [0, 0.1) is 10.1 Å². The molecule has 0 saturated carbocycles. The van der Waals surface area contributed by atoms with Crippen LogP contribution in [-0.2, 0) is 16.6 Å². The van der Waals surface area contributed by atoms with Crippen molar-refractivity contribution in [3.63, 3.8) is 0 Å². The predicted octanol–water partition coefficient (Wildman–Crippen LogP) is 4.17. The van der Waals surface area contributed by atoms with Crippen LogP contribution in [0.25, 0.3) is 0 Å². The van der Waals surface area contributed by atoms with Crippen LogP contribution in [0.15, 0.2) is 71.6 Å². The van der Waals surface area contributed by atoms with Crippen LogP contribution in [0.3, 0.4) is 0 Å². The molecule has 0 aliphatic carbocycles. The van der Waals surface area contributed by atoms with Gasteiger partial charge in [-0.25, -0.2) is 13.1 Å². The zero-order valence-electron chi connectivity index (χ0n) is 21.2. The number of benzene rings is 3. The van der Waals surface area contributed by atoms with E-state index >= 15 is 0 Å². The highest BCUT2D eigenvalue weighted by Crippen LogP contribution is 2.30. The highest BCUT2D eigenvalue weighted by molar-refractivity contribution is 7.89. The third kappa shape index (κ3) is 7.42. The zero-order chi connectivity index (χ0) is 27.9. The number of halogens is 1. The molecule has 0 heterocycles. The van der Waals surface area contributed by atoms with E-state index in [9.17, 15) is 23.6 Å². The maximum Gasteiger partial charge on any atom is 0.269 e. The van der Waals surface area contributed by atoms with E-state index in [2.05, 4.69) is 4.72 Å². The molecule has 0 saturated heterocycles. The number of methoxy groups -OCH3 is 2. The molecule has 3 aromatic carbocycles. The van der Waals surface area contributed by atoms with Crippen molar-refractivity contribution in [3.05, 3.63) is 93.0 Å². The van der Waals surface area contributed by atoms with Gasteiger partial charge in [-0.3, -0.25) is 15.0 Å². The number of nitrogens with zero attached hydrogens (tertiary/aromatic N) is 2. The fourth-order valence-corrected chi connectivity index (χ4v) is 5.45. The largest absolute Gasteiger partial charge is 0.497 e. The lowest BCUT2D eigenvalue weighted by Crippen LogP contribution is -2.43. The molecule has 38 heavy (non-hydrogen) atoms. The Morgan fingerprint density at radius 1 is 1.05 bits per heavy atom. The average molecular weight is 564 g/mol. The van der Waals surface area contributed by atoms with Crippen LogP contribution < -0.4 is 14.2 Å². The van der Waals surface area contributed by atoms with Gasteiger partial charge in [0.25, 0.3) is 5.69 Å². The van der Waals surface area contributed by atoms with Crippen molar-refractivity contribution in [1.29, 1.82) is 0 Å². The van der Waals surface area contributed by atoms with E-state index < -0.39 is 27.0 Å². The Kier molecular flexibility index (Phi) is 10.1. The molecular weight excluding hydrogens is 534 g/mol. The van der Waals surface area contributed by atoms with Crippen molar-refractivity contribution in [2.75, 3.05) is 27.4 Å². The molecule has 0 aliphatic heterocycles. The number of aliphatic hydroxyl groups is 1. The van der Waals surface area contributed by atoms with Gasteiger partial charge in [0.15, 0.2) is 0 Å². The Balaban J connectivity index is 1.89. The first kappa shape index (κ1) is 29.3. The summed E-state index contributed by atoms with van der Waals surface area (Å²) in [6, 6.07) is 16.1. The minimum atomic E-state index is -3.97. The summed E-state index contributed by atoms with van der Waals surface area (Å²) >= 11 is 6.06. The summed E-state index contributed by atoms with van der Waals surface area (Å²) in [7, 11) is -0.860. The van der Waals surface area contributed by atoms with Crippen molar-refractivity contribution < 1.29 is 27.9 Å². The van der Waals surface area contributed by atoms with Crippen LogP contribution in [0.4, 0.5) is 5.69 Å². The molecule has 0 unspecified atom stereocenters. The van der Waals surface area contributed by atoms with E-state index in [1.165, 1.54) is 12.1 Å². The van der Waals surface area contributed by atoms with Gasteiger partial charge in [0.05, 0.1) is 36.7 Å². The quantitative estimate of drug-likeness (QED) is 0.234. The summed E-state index contributed by atoms with van der Waals surface area (Å²) in [4.78, 5) is 12.2. The maximum atomic E-state index is 13.0. The summed E-state index contributed by atoms with van der Waals surface area (Å²) < 4.78 is 39.4. The average Bonchev–Trinajstić information content (AvgIpc) is 2.90. The van der Waals surface area contributed by atoms with Crippen molar-refractivity contribution in [2.24, 2.45) is 0 Å². The number of non-ortho nitro benzene ring substituents is 1. The molecule has 0 fully saturated rings. The molecule has 2 atom stereocenters. The first-order valence-corrected chi connectivity index (χ1v) is 13.5. The maximum absolute atomic E-state index is 13.0. The Morgan fingerprint density at radius 2 is 1.71 bits per heavy atom. The normalized spacial score (nSPS) is 13.2. The Hall–Kier alpha value is -3.22. The molecule has 2 N–H and O–H groups in total. The van der Waals surface area contributed by atoms with Crippen LogP contribution >= 0.6 is 11.6 Å². The molecule has 0 bridgehead atoms. The molecule has 12 heteroatoms. The second-order valence-electron chi connectivity index (χ2n) is 8.63. The number of hydrogen-bond acceptors (Lipinski definition) is 8. The number of aliphatic hydroxyl groups excluding tert-OH is 1. The van der Waals surface area contributed by atoms with Crippen LogP contribution in [-0.4, -0.2) is 56.8 Å².